The third-order valence-electron chi connectivity index (χ3n) is 3.08. The van der Waals surface area contributed by atoms with E-state index < -0.39 is 0 Å². The second kappa shape index (κ2) is 6.63. The van der Waals surface area contributed by atoms with Crippen molar-refractivity contribution in [3.63, 3.8) is 0 Å². The number of ether oxygens (including phenoxy) is 1. The van der Waals surface area contributed by atoms with E-state index in [4.69, 9.17) is 4.74 Å². The van der Waals surface area contributed by atoms with Crippen LogP contribution in [0, 0.1) is 6.92 Å². The third kappa shape index (κ3) is 3.25. The number of pyridine rings is 1. The molecule has 0 unspecified atom stereocenters. The fourth-order valence-electron chi connectivity index (χ4n) is 1.99. The number of carbonyl (C=O) groups excluding carboxylic acids is 1. The molecule has 0 spiro atoms. The standard InChI is InChI=1S/C14H14N6O2S/c1-9-10(7-16-20(9)11-5-3-4-6-15-11)13(21)17-14-19-18-12(23-14)8-22-2/h3-7H,8H2,1-2H3,(H,17,19,21). The molecule has 1 amide bonds. The molecule has 1 N–H and O–H groups in total. The van der Waals surface area contributed by atoms with E-state index in [2.05, 4.69) is 25.6 Å². The number of rotatable bonds is 5. The highest BCUT2D eigenvalue weighted by Gasteiger charge is 2.17. The summed E-state index contributed by atoms with van der Waals surface area (Å²) >= 11 is 1.27. The molecule has 8 nitrogen and oxygen atoms in total. The number of anilines is 1. The molecule has 9 heteroatoms. The Labute approximate surface area is 136 Å². The zero-order valence-corrected chi connectivity index (χ0v) is 13.4. The van der Waals surface area contributed by atoms with Crippen molar-refractivity contribution in [3.8, 4) is 5.82 Å². The molecule has 3 heterocycles. The van der Waals surface area contributed by atoms with Crippen LogP contribution >= 0.6 is 11.3 Å². The molecule has 3 rings (SSSR count). The first-order chi connectivity index (χ1) is 11.2. The van der Waals surface area contributed by atoms with Gasteiger partial charge in [-0.1, -0.05) is 17.4 Å². The van der Waals surface area contributed by atoms with Gasteiger partial charge in [-0.05, 0) is 19.1 Å². The first-order valence-electron chi connectivity index (χ1n) is 6.77. The van der Waals surface area contributed by atoms with Crippen LogP contribution in [0.4, 0.5) is 5.13 Å². The van der Waals surface area contributed by atoms with E-state index in [1.807, 2.05) is 25.1 Å². The fourth-order valence-corrected chi connectivity index (χ4v) is 2.70. The number of hydrogen-bond donors (Lipinski definition) is 1. The predicted molar refractivity (Wildman–Crippen MR) is 84.7 cm³/mol. The van der Waals surface area contributed by atoms with E-state index in [0.717, 1.165) is 0 Å². The zero-order valence-electron chi connectivity index (χ0n) is 12.6. The smallest absolute Gasteiger partial charge is 0.260 e. The lowest BCUT2D eigenvalue weighted by atomic mass is 10.2. The lowest BCUT2D eigenvalue weighted by molar-refractivity contribution is 0.102. The molecule has 0 aliphatic carbocycles. The topological polar surface area (TPSA) is 94.8 Å². The minimum Gasteiger partial charge on any atom is -0.377 e. The zero-order chi connectivity index (χ0) is 16.2. The summed E-state index contributed by atoms with van der Waals surface area (Å²) in [7, 11) is 1.58. The number of hydrogen-bond acceptors (Lipinski definition) is 7. The second-order valence-corrected chi connectivity index (χ2v) is 5.69. The van der Waals surface area contributed by atoms with Crippen LogP contribution in [0.2, 0.25) is 0 Å². The van der Waals surface area contributed by atoms with Crippen LogP contribution in [0.25, 0.3) is 5.82 Å². The second-order valence-electron chi connectivity index (χ2n) is 4.63. The molecule has 0 aromatic carbocycles. The quantitative estimate of drug-likeness (QED) is 0.767. The van der Waals surface area contributed by atoms with Gasteiger partial charge < -0.3 is 4.74 Å². The molecule has 0 aliphatic heterocycles. The molecule has 3 aromatic rings. The molecule has 23 heavy (non-hydrogen) atoms. The third-order valence-corrected chi connectivity index (χ3v) is 3.89. The van der Waals surface area contributed by atoms with Gasteiger partial charge in [0.1, 0.15) is 11.6 Å². The Balaban J connectivity index is 1.79. The predicted octanol–water partition coefficient (Wildman–Crippen LogP) is 1.83. The van der Waals surface area contributed by atoms with E-state index in [1.54, 1.807) is 18.0 Å². The van der Waals surface area contributed by atoms with E-state index in [1.165, 1.54) is 17.5 Å². The van der Waals surface area contributed by atoms with Gasteiger partial charge in [-0.15, -0.1) is 10.2 Å². The number of nitrogens with one attached hydrogen (secondary N) is 1. The SMILES string of the molecule is COCc1nnc(NC(=O)c2cnn(-c3ccccn3)c2C)s1. The van der Waals surface area contributed by atoms with Crippen LogP contribution in [0.1, 0.15) is 21.1 Å². The van der Waals surface area contributed by atoms with E-state index in [0.29, 0.717) is 33.8 Å². The van der Waals surface area contributed by atoms with Crippen LogP contribution in [-0.2, 0) is 11.3 Å². The van der Waals surface area contributed by atoms with Crippen LogP contribution in [0.15, 0.2) is 30.6 Å². The summed E-state index contributed by atoms with van der Waals surface area (Å²) in [5.41, 5.74) is 1.15. The van der Waals surface area contributed by atoms with E-state index >= 15 is 0 Å². The average Bonchev–Trinajstić information content (AvgIpc) is 3.15. The molecule has 0 fully saturated rings. The Bertz CT molecular complexity index is 814. The fraction of sp³-hybridized carbons (Fsp3) is 0.214. The van der Waals surface area contributed by atoms with Gasteiger partial charge in [0, 0.05) is 13.3 Å². The van der Waals surface area contributed by atoms with Gasteiger partial charge >= 0.3 is 0 Å². The highest BCUT2D eigenvalue weighted by molar-refractivity contribution is 7.15. The van der Waals surface area contributed by atoms with Crippen molar-refractivity contribution in [2.24, 2.45) is 0 Å². The van der Waals surface area contributed by atoms with Crippen molar-refractivity contribution in [3.05, 3.63) is 46.9 Å². The molecule has 0 saturated carbocycles. The molecule has 118 valence electrons. The van der Waals surface area contributed by atoms with Crippen LogP contribution in [0.5, 0.6) is 0 Å². The summed E-state index contributed by atoms with van der Waals surface area (Å²) < 4.78 is 6.59. The van der Waals surface area contributed by atoms with E-state index in [9.17, 15) is 4.79 Å². The van der Waals surface area contributed by atoms with Gasteiger partial charge in [-0.2, -0.15) is 5.10 Å². The highest BCUT2D eigenvalue weighted by Crippen LogP contribution is 2.18. The number of nitrogens with zero attached hydrogens (tertiary/aromatic N) is 5. The summed E-state index contributed by atoms with van der Waals surface area (Å²) in [6, 6.07) is 5.51. The summed E-state index contributed by atoms with van der Waals surface area (Å²) in [4.78, 5) is 16.6. The minimum absolute atomic E-state index is 0.287. The summed E-state index contributed by atoms with van der Waals surface area (Å²) in [6.45, 7) is 2.18. The average molecular weight is 330 g/mol. The molecule has 0 radical (unpaired) electrons. The van der Waals surface area contributed by atoms with Crippen molar-refractivity contribution in [1.29, 1.82) is 0 Å². The largest absolute Gasteiger partial charge is 0.377 e. The minimum atomic E-state index is -0.287. The first kappa shape index (κ1) is 15.3. The molecule has 0 atom stereocenters. The highest BCUT2D eigenvalue weighted by atomic mass is 32.1. The van der Waals surface area contributed by atoms with Crippen LogP contribution in [0.3, 0.4) is 0 Å². The first-order valence-corrected chi connectivity index (χ1v) is 7.59. The summed E-state index contributed by atoms with van der Waals surface area (Å²) in [6.07, 6.45) is 3.19. The maximum absolute atomic E-state index is 12.4. The van der Waals surface area contributed by atoms with Crippen molar-refractivity contribution in [2.45, 2.75) is 13.5 Å². The van der Waals surface area contributed by atoms with Gasteiger partial charge in [-0.3, -0.25) is 10.1 Å². The van der Waals surface area contributed by atoms with Crippen molar-refractivity contribution in [2.75, 3.05) is 12.4 Å². The number of methoxy groups -OCH3 is 1. The lowest BCUT2D eigenvalue weighted by Crippen LogP contribution is -2.13. The van der Waals surface area contributed by atoms with Gasteiger partial charge in [0.2, 0.25) is 5.13 Å². The number of carbonyl (C=O) groups is 1. The lowest BCUT2D eigenvalue weighted by Gasteiger charge is -2.04. The Kier molecular flexibility index (Phi) is 4.40. The molecule has 0 bridgehead atoms. The molecule has 0 saturated heterocycles. The van der Waals surface area contributed by atoms with Crippen molar-refractivity contribution >= 4 is 22.4 Å². The van der Waals surface area contributed by atoms with Gasteiger partial charge in [0.25, 0.3) is 5.91 Å². The summed E-state index contributed by atoms with van der Waals surface area (Å²) in [5.74, 6) is 0.368. The van der Waals surface area contributed by atoms with Crippen LogP contribution < -0.4 is 5.32 Å². The van der Waals surface area contributed by atoms with Crippen molar-refractivity contribution in [1.82, 2.24) is 25.0 Å². The van der Waals surface area contributed by atoms with Gasteiger partial charge in [-0.25, -0.2) is 9.67 Å². The Hall–Kier alpha value is -2.65. The van der Waals surface area contributed by atoms with Crippen LogP contribution in [-0.4, -0.2) is 38.0 Å². The number of aromatic nitrogens is 5. The Morgan fingerprint density at radius 2 is 2.26 bits per heavy atom. The van der Waals surface area contributed by atoms with E-state index in [-0.39, 0.29) is 5.91 Å². The molecular weight excluding hydrogens is 316 g/mol. The summed E-state index contributed by atoms with van der Waals surface area (Å²) in [5, 5.41) is 15.9. The van der Waals surface area contributed by atoms with Gasteiger partial charge in [0.15, 0.2) is 5.82 Å². The van der Waals surface area contributed by atoms with Crippen molar-refractivity contribution < 1.29 is 9.53 Å². The maximum Gasteiger partial charge on any atom is 0.260 e. The maximum atomic E-state index is 12.4. The molecule has 3 aromatic heterocycles. The molecule has 0 aliphatic rings. The Morgan fingerprint density at radius 3 is 3.00 bits per heavy atom. The normalized spacial score (nSPS) is 10.7. The number of amides is 1. The Morgan fingerprint density at radius 1 is 1.39 bits per heavy atom. The molecular formula is C14H14N6O2S. The van der Waals surface area contributed by atoms with Gasteiger partial charge in [0.05, 0.1) is 17.5 Å². The monoisotopic (exact) mass is 330 g/mol.